The average molecular weight is 277 g/mol. The van der Waals surface area contributed by atoms with Crippen molar-refractivity contribution in [1.82, 2.24) is 4.90 Å². The van der Waals surface area contributed by atoms with Crippen molar-refractivity contribution >= 4 is 15.9 Å². The van der Waals surface area contributed by atoms with E-state index in [1.165, 1.54) is 5.56 Å². The van der Waals surface area contributed by atoms with Crippen LogP contribution in [0.15, 0.2) is 41.4 Å². The van der Waals surface area contributed by atoms with Crippen LogP contribution >= 0.6 is 15.9 Å². The molecule has 0 saturated carbocycles. The Hall–Kier alpha value is -1.11. The molecule has 0 N–H and O–H groups in total. The lowest BCUT2D eigenvalue weighted by Gasteiger charge is -2.44. The molecule has 1 saturated heterocycles. The van der Waals surface area contributed by atoms with Crippen molar-refractivity contribution in [1.29, 1.82) is 5.26 Å². The molecule has 2 atom stereocenters. The van der Waals surface area contributed by atoms with Crippen LogP contribution in [0.25, 0.3) is 0 Å². The van der Waals surface area contributed by atoms with Gasteiger partial charge in [0.1, 0.15) is 6.04 Å². The minimum absolute atomic E-state index is 0.000763. The molecule has 1 aromatic rings. The van der Waals surface area contributed by atoms with Gasteiger partial charge in [-0.2, -0.15) is 5.26 Å². The molecule has 1 fully saturated rings. The minimum atomic E-state index is -0.000763. The van der Waals surface area contributed by atoms with Gasteiger partial charge in [-0.25, -0.2) is 0 Å². The smallest absolute Gasteiger partial charge is 0.106 e. The molecule has 16 heavy (non-hydrogen) atoms. The molecule has 82 valence electrons. The van der Waals surface area contributed by atoms with Crippen molar-refractivity contribution < 1.29 is 0 Å². The Bertz CT molecular complexity index is 419. The van der Waals surface area contributed by atoms with Crippen LogP contribution in [0.1, 0.15) is 11.5 Å². The van der Waals surface area contributed by atoms with Gasteiger partial charge >= 0.3 is 0 Å². The normalized spacial score (nSPS) is 24.5. The van der Waals surface area contributed by atoms with Crippen LogP contribution in [0, 0.1) is 11.3 Å². The molecule has 0 aliphatic carbocycles. The van der Waals surface area contributed by atoms with Gasteiger partial charge in [0, 0.05) is 23.5 Å². The molecule has 1 aliphatic rings. The summed E-state index contributed by atoms with van der Waals surface area (Å²) >= 11 is 3.41. The van der Waals surface area contributed by atoms with Gasteiger partial charge in [-0.3, -0.25) is 4.90 Å². The predicted octanol–water partition coefficient (Wildman–Crippen LogP) is 2.93. The Balaban J connectivity index is 2.10. The minimum Gasteiger partial charge on any atom is -0.283 e. The summed E-state index contributed by atoms with van der Waals surface area (Å²) in [6.45, 7) is 5.45. The van der Waals surface area contributed by atoms with Gasteiger partial charge in [0.05, 0.1) is 6.07 Å². The third kappa shape index (κ3) is 2.04. The molecule has 3 heteroatoms. The maximum atomic E-state index is 9.13. The third-order valence-corrected chi connectivity index (χ3v) is 3.53. The highest BCUT2D eigenvalue weighted by molar-refractivity contribution is 9.10. The van der Waals surface area contributed by atoms with E-state index in [1.54, 1.807) is 0 Å². The number of nitrogens with zero attached hydrogens (tertiary/aromatic N) is 2. The lowest BCUT2D eigenvalue weighted by molar-refractivity contribution is 0.114. The van der Waals surface area contributed by atoms with Crippen molar-refractivity contribution in [2.75, 3.05) is 13.1 Å². The fourth-order valence-electron chi connectivity index (χ4n) is 2.11. The molecule has 0 unspecified atom stereocenters. The molecule has 0 amide bonds. The summed E-state index contributed by atoms with van der Waals surface area (Å²) in [5.41, 5.74) is 1.25. The van der Waals surface area contributed by atoms with Crippen LogP contribution in [0.2, 0.25) is 0 Å². The van der Waals surface area contributed by atoms with Crippen molar-refractivity contribution in [2.45, 2.75) is 12.0 Å². The predicted molar refractivity (Wildman–Crippen MR) is 68.1 cm³/mol. The van der Waals surface area contributed by atoms with Crippen molar-refractivity contribution in [3.8, 4) is 6.07 Å². The number of rotatable bonds is 3. The van der Waals surface area contributed by atoms with E-state index in [0.717, 1.165) is 17.6 Å². The first kappa shape index (κ1) is 11.4. The molecule has 1 aliphatic heterocycles. The molecule has 2 nitrogen and oxygen atoms in total. The number of nitriles is 1. The fourth-order valence-corrected chi connectivity index (χ4v) is 2.37. The number of hydrogen-bond donors (Lipinski definition) is 0. The molecule has 1 aromatic carbocycles. The van der Waals surface area contributed by atoms with Crippen LogP contribution < -0.4 is 0 Å². The van der Waals surface area contributed by atoms with E-state index >= 15 is 0 Å². The number of likely N-dealkylation sites (tertiary alicyclic amines) is 1. The molecule has 0 spiro atoms. The number of halogens is 1. The summed E-state index contributed by atoms with van der Waals surface area (Å²) in [5, 5.41) is 9.13. The summed E-state index contributed by atoms with van der Waals surface area (Å²) in [7, 11) is 0. The largest absolute Gasteiger partial charge is 0.283 e. The van der Waals surface area contributed by atoms with Gasteiger partial charge < -0.3 is 0 Å². The Kier molecular flexibility index (Phi) is 3.42. The Morgan fingerprint density at radius 3 is 2.75 bits per heavy atom. The molecule has 0 aromatic heterocycles. The van der Waals surface area contributed by atoms with Crippen LogP contribution in [0.4, 0.5) is 0 Å². The first-order valence-electron chi connectivity index (χ1n) is 5.26. The first-order valence-corrected chi connectivity index (χ1v) is 6.05. The Labute approximate surface area is 104 Å². The van der Waals surface area contributed by atoms with Gasteiger partial charge in [-0.15, -0.1) is 6.58 Å². The lowest BCUT2D eigenvalue weighted by atomic mass is 9.83. The summed E-state index contributed by atoms with van der Waals surface area (Å²) in [4.78, 5) is 2.14. The monoisotopic (exact) mass is 276 g/mol. The van der Waals surface area contributed by atoms with Gasteiger partial charge in [0.15, 0.2) is 0 Å². The fraction of sp³-hybridized carbons (Fsp3) is 0.308. The summed E-state index contributed by atoms with van der Waals surface area (Å²) in [6, 6.07) is 10.6. The molecule has 0 radical (unpaired) electrons. The molecule has 1 heterocycles. The van der Waals surface area contributed by atoms with E-state index < -0.39 is 0 Å². The summed E-state index contributed by atoms with van der Waals surface area (Å²) in [6.07, 6.45) is 1.85. The highest BCUT2D eigenvalue weighted by Crippen LogP contribution is 2.34. The van der Waals surface area contributed by atoms with Crippen LogP contribution in [-0.4, -0.2) is 24.0 Å². The van der Waals surface area contributed by atoms with Crippen molar-refractivity contribution in [3.05, 3.63) is 47.0 Å². The van der Waals surface area contributed by atoms with E-state index in [0.29, 0.717) is 5.92 Å². The van der Waals surface area contributed by atoms with Crippen molar-refractivity contribution in [2.24, 2.45) is 0 Å². The van der Waals surface area contributed by atoms with Crippen molar-refractivity contribution in [3.63, 3.8) is 0 Å². The second kappa shape index (κ2) is 4.82. The van der Waals surface area contributed by atoms with Crippen LogP contribution in [0.5, 0.6) is 0 Å². The third-order valence-electron chi connectivity index (χ3n) is 3.00. The van der Waals surface area contributed by atoms with Gasteiger partial charge in [0.2, 0.25) is 0 Å². The molecular weight excluding hydrogens is 264 g/mol. The van der Waals surface area contributed by atoms with E-state index in [2.05, 4.69) is 45.6 Å². The molecule has 2 rings (SSSR count). The Morgan fingerprint density at radius 2 is 2.19 bits per heavy atom. The standard InChI is InChI=1S/C13H13BrN2/c1-2-7-16-9-12(13(16)8-15)10-3-5-11(14)6-4-10/h2-6,12-13H,1,7,9H2/t12-,13+/m1/s1. The maximum absolute atomic E-state index is 9.13. The van der Waals surface area contributed by atoms with Gasteiger partial charge in [-0.05, 0) is 17.7 Å². The van der Waals surface area contributed by atoms with Crippen LogP contribution in [0.3, 0.4) is 0 Å². The SMILES string of the molecule is C=CCN1C[C@H](c2ccc(Br)cc2)[C@@H]1C#N. The quantitative estimate of drug-likeness (QED) is 0.794. The zero-order valence-electron chi connectivity index (χ0n) is 8.94. The summed E-state index contributed by atoms with van der Waals surface area (Å²) < 4.78 is 1.08. The van der Waals surface area contributed by atoms with E-state index in [9.17, 15) is 0 Å². The van der Waals surface area contributed by atoms with Gasteiger partial charge in [0.25, 0.3) is 0 Å². The van der Waals surface area contributed by atoms with E-state index in [-0.39, 0.29) is 6.04 Å². The number of hydrogen-bond acceptors (Lipinski definition) is 2. The number of benzene rings is 1. The lowest BCUT2D eigenvalue weighted by Crippen LogP contribution is -2.53. The van der Waals surface area contributed by atoms with E-state index in [1.807, 2.05) is 18.2 Å². The first-order chi connectivity index (χ1) is 7.76. The zero-order valence-corrected chi connectivity index (χ0v) is 10.5. The van der Waals surface area contributed by atoms with Gasteiger partial charge in [-0.1, -0.05) is 34.1 Å². The molecular formula is C13H13BrN2. The maximum Gasteiger partial charge on any atom is 0.106 e. The van der Waals surface area contributed by atoms with Crippen LogP contribution in [-0.2, 0) is 0 Å². The topological polar surface area (TPSA) is 27.0 Å². The highest BCUT2D eigenvalue weighted by Gasteiger charge is 2.38. The molecule has 0 bridgehead atoms. The average Bonchev–Trinajstić information content (AvgIpc) is 2.26. The Morgan fingerprint density at radius 1 is 1.50 bits per heavy atom. The second-order valence-corrected chi connectivity index (χ2v) is 4.89. The highest BCUT2D eigenvalue weighted by atomic mass is 79.9. The van der Waals surface area contributed by atoms with E-state index in [4.69, 9.17) is 5.26 Å². The second-order valence-electron chi connectivity index (χ2n) is 3.97. The summed E-state index contributed by atoms with van der Waals surface area (Å²) in [5.74, 6) is 0.345. The zero-order chi connectivity index (χ0) is 11.5.